The van der Waals surface area contributed by atoms with E-state index in [9.17, 15) is 4.79 Å². The Morgan fingerprint density at radius 2 is 1.83 bits per heavy atom. The highest BCUT2D eigenvalue weighted by Crippen LogP contribution is 2.48. The first kappa shape index (κ1) is 19.2. The normalized spacial score (nSPS) is 15.8. The van der Waals surface area contributed by atoms with Crippen molar-refractivity contribution in [3.63, 3.8) is 0 Å². The van der Waals surface area contributed by atoms with Crippen LogP contribution in [-0.2, 0) is 13.6 Å². The number of benzene rings is 2. The van der Waals surface area contributed by atoms with E-state index in [1.54, 1.807) is 23.1 Å². The van der Waals surface area contributed by atoms with Gasteiger partial charge in [0.15, 0.2) is 12.4 Å². The minimum Gasteiger partial charge on any atom is -0.336 e. The average Bonchev–Trinajstić information content (AvgIpc) is 3.26. The van der Waals surface area contributed by atoms with E-state index in [2.05, 4.69) is 66.6 Å². The molecular weight excluding hydrogens is 410 g/mol. The molecule has 0 atom stereocenters. The summed E-state index contributed by atoms with van der Waals surface area (Å²) in [7, 11) is 4.07. The number of thioether (sulfide) groups is 1. The molecule has 30 heavy (non-hydrogen) atoms. The summed E-state index contributed by atoms with van der Waals surface area (Å²) in [5.41, 5.74) is 2.36. The number of rotatable bonds is 2. The van der Waals surface area contributed by atoms with Gasteiger partial charge in [0, 0.05) is 36.0 Å². The molecule has 0 unspecified atom stereocenters. The lowest BCUT2D eigenvalue weighted by molar-refractivity contribution is -0.671. The molecule has 2 aromatic carbocycles. The van der Waals surface area contributed by atoms with Gasteiger partial charge in [0.05, 0.1) is 10.4 Å². The average molecular weight is 433 g/mol. The first-order chi connectivity index (χ1) is 14.6. The molecule has 1 aliphatic heterocycles. The van der Waals surface area contributed by atoms with E-state index in [0.29, 0.717) is 6.54 Å². The molecule has 0 radical (unpaired) electrons. The molecule has 1 aliphatic rings. The standard InChI is InChI=1S/C24H22N3OS2/c1-4-27-20(15-16-11-13-25(2)14-12-16)30-22(23(27)28)24-26(3)21-18-8-6-5-7-17(18)9-10-19(21)29-24/h5-15H,4H2,1-3H3/q+1/b24-22+. The first-order valence-corrected chi connectivity index (χ1v) is 11.5. The summed E-state index contributed by atoms with van der Waals surface area (Å²) in [5.74, 6) is 0. The van der Waals surface area contributed by atoms with Crippen molar-refractivity contribution in [2.45, 2.75) is 18.4 Å². The van der Waals surface area contributed by atoms with Crippen molar-refractivity contribution >= 4 is 50.7 Å². The first-order valence-electron chi connectivity index (χ1n) is 9.91. The molecule has 0 amide bonds. The molecular formula is C24H22N3OS2+. The van der Waals surface area contributed by atoms with E-state index < -0.39 is 0 Å². The van der Waals surface area contributed by atoms with Crippen LogP contribution in [0.4, 0.5) is 5.69 Å². The summed E-state index contributed by atoms with van der Waals surface area (Å²) in [5, 5.41) is 3.45. The van der Waals surface area contributed by atoms with Crippen LogP contribution in [0.2, 0.25) is 0 Å². The topological polar surface area (TPSA) is 29.1 Å². The van der Waals surface area contributed by atoms with Crippen molar-refractivity contribution < 1.29 is 4.57 Å². The number of fused-ring (bicyclic) bond motifs is 3. The smallest absolute Gasteiger partial charge is 0.271 e. The molecule has 0 N–H and O–H groups in total. The summed E-state index contributed by atoms with van der Waals surface area (Å²) >= 11 is 3.26. The van der Waals surface area contributed by atoms with Crippen molar-refractivity contribution in [1.29, 1.82) is 0 Å². The summed E-state index contributed by atoms with van der Waals surface area (Å²) in [4.78, 5) is 16.7. The molecule has 0 bridgehead atoms. The zero-order valence-electron chi connectivity index (χ0n) is 17.1. The third-order valence-corrected chi connectivity index (χ3v) is 7.90. The number of aromatic nitrogens is 2. The molecule has 150 valence electrons. The Kier molecular flexibility index (Phi) is 4.76. The number of nitrogens with zero attached hydrogens (tertiary/aromatic N) is 3. The van der Waals surface area contributed by atoms with E-state index in [-0.39, 0.29) is 5.56 Å². The lowest BCUT2D eigenvalue weighted by atomic mass is 10.1. The second-order valence-corrected chi connectivity index (χ2v) is 9.42. The molecule has 0 aliphatic carbocycles. The van der Waals surface area contributed by atoms with E-state index >= 15 is 0 Å². The van der Waals surface area contributed by atoms with Gasteiger partial charge in [-0.3, -0.25) is 9.36 Å². The maximum atomic E-state index is 13.3. The van der Waals surface area contributed by atoms with Crippen LogP contribution in [0.25, 0.3) is 21.9 Å². The second kappa shape index (κ2) is 7.45. The van der Waals surface area contributed by atoms with Crippen molar-refractivity contribution in [2.75, 3.05) is 11.9 Å². The lowest BCUT2D eigenvalue weighted by Gasteiger charge is -2.15. The van der Waals surface area contributed by atoms with Gasteiger partial charge in [0.25, 0.3) is 5.56 Å². The molecule has 0 fully saturated rings. The van der Waals surface area contributed by atoms with Gasteiger partial charge in [-0.1, -0.05) is 42.1 Å². The van der Waals surface area contributed by atoms with Gasteiger partial charge in [-0.05, 0) is 30.0 Å². The fraction of sp³-hybridized carbons (Fsp3) is 0.167. The molecule has 4 aromatic rings. The fourth-order valence-electron chi connectivity index (χ4n) is 3.86. The van der Waals surface area contributed by atoms with Crippen LogP contribution >= 0.6 is 23.1 Å². The zero-order valence-corrected chi connectivity index (χ0v) is 18.8. The molecule has 6 heteroatoms. The number of anilines is 1. The van der Waals surface area contributed by atoms with Gasteiger partial charge in [-0.15, -0.1) is 11.3 Å². The lowest BCUT2D eigenvalue weighted by Crippen LogP contribution is -2.33. The largest absolute Gasteiger partial charge is 0.336 e. The minimum absolute atomic E-state index is 0.0849. The SMILES string of the molecule is CCn1c(=O)/c(=C2\Sc3ccc4ccccc4c3N2C)s/c1=C\c1cc[n+](C)cc1. The Morgan fingerprint density at radius 1 is 1.07 bits per heavy atom. The van der Waals surface area contributed by atoms with Crippen LogP contribution in [0, 0.1) is 0 Å². The number of hydrogen-bond donors (Lipinski definition) is 0. The predicted molar refractivity (Wildman–Crippen MR) is 126 cm³/mol. The van der Waals surface area contributed by atoms with Crippen LogP contribution in [0.3, 0.4) is 0 Å². The van der Waals surface area contributed by atoms with Crippen LogP contribution in [0.1, 0.15) is 12.5 Å². The maximum absolute atomic E-state index is 13.3. The highest BCUT2D eigenvalue weighted by atomic mass is 32.2. The second-order valence-electron chi connectivity index (χ2n) is 7.36. The molecule has 2 aromatic heterocycles. The highest BCUT2D eigenvalue weighted by molar-refractivity contribution is 8.08. The Morgan fingerprint density at radius 3 is 2.60 bits per heavy atom. The van der Waals surface area contributed by atoms with E-state index in [0.717, 1.165) is 19.8 Å². The van der Waals surface area contributed by atoms with Gasteiger partial charge in [0.2, 0.25) is 0 Å². The van der Waals surface area contributed by atoms with Crippen molar-refractivity contribution in [1.82, 2.24) is 4.57 Å². The number of aryl methyl sites for hydroxylation is 1. The van der Waals surface area contributed by atoms with Crippen LogP contribution < -0.4 is 24.2 Å². The summed E-state index contributed by atoms with van der Waals surface area (Å²) < 4.78 is 5.66. The van der Waals surface area contributed by atoms with Gasteiger partial charge in [-0.2, -0.15) is 0 Å². The third kappa shape index (κ3) is 3.07. The van der Waals surface area contributed by atoms with E-state index in [4.69, 9.17) is 0 Å². The Balaban J connectivity index is 1.72. The minimum atomic E-state index is 0.0849. The van der Waals surface area contributed by atoms with Crippen LogP contribution in [0.5, 0.6) is 0 Å². The van der Waals surface area contributed by atoms with Gasteiger partial charge in [-0.25, -0.2) is 4.57 Å². The predicted octanol–water partition coefficient (Wildman–Crippen LogP) is 3.04. The Labute approximate surface area is 183 Å². The Bertz CT molecular complexity index is 1450. The third-order valence-electron chi connectivity index (χ3n) is 5.43. The molecule has 4 nitrogen and oxygen atoms in total. The zero-order chi connectivity index (χ0) is 20.8. The summed E-state index contributed by atoms with van der Waals surface area (Å²) in [6, 6.07) is 16.9. The molecule has 0 saturated heterocycles. The van der Waals surface area contributed by atoms with Gasteiger partial charge >= 0.3 is 0 Å². The van der Waals surface area contributed by atoms with Gasteiger partial charge < -0.3 is 4.90 Å². The van der Waals surface area contributed by atoms with Crippen LogP contribution in [-0.4, -0.2) is 11.6 Å². The van der Waals surface area contributed by atoms with E-state index in [1.165, 1.54) is 21.4 Å². The summed E-state index contributed by atoms with van der Waals surface area (Å²) in [6.07, 6.45) is 6.14. The Hall–Kier alpha value is -2.83. The number of hydrogen-bond acceptors (Lipinski definition) is 4. The quantitative estimate of drug-likeness (QED) is 0.456. The maximum Gasteiger partial charge on any atom is 0.271 e. The molecule has 5 rings (SSSR count). The molecule has 0 saturated carbocycles. The van der Waals surface area contributed by atoms with Crippen molar-refractivity contribution in [3.8, 4) is 0 Å². The highest BCUT2D eigenvalue weighted by Gasteiger charge is 2.26. The fourth-order valence-corrected chi connectivity index (χ4v) is 6.35. The molecule has 3 heterocycles. The van der Waals surface area contributed by atoms with Crippen molar-refractivity contribution in [3.05, 3.63) is 86.0 Å². The number of pyridine rings is 1. The van der Waals surface area contributed by atoms with Crippen molar-refractivity contribution in [2.24, 2.45) is 7.05 Å². The summed E-state index contributed by atoms with van der Waals surface area (Å²) in [6.45, 7) is 2.68. The van der Waals surface area contributed by atoms with Gasteiger partial charge in [0.1, 0.15) is 16.6 Å². The number of thiazole rings is 1. The molecule has 0 spiro atoms. The van der Waals surface area contributed by atoms with E-state index in [1.807, 2.05) is 35.5 Å². The monoisotopic (exact) mass is 432 g/mol. The van der Waals surface area contributed by atoms with Crippen LogP contribution in [0.15, 0.2) is 70.6 Å².